The minimum atomic E-state index is -0.116. The fraction of sp³-hybridized carbons (Fsp3) is 0.192. The van der Waals surface area contributed by atoms with Crippen LogP contribution in [0.25, 0.3) is 11.4 Å². The number of carbonyl (C=O) groups is 1. The molecule has 0 spiro atoms. The van der Waals surface area contributed by atoms with Gasteiger partial charge in [-0.2, -0.15) is 4.98 Å². The van der Waals surface area contributed by atoms with Crippen molar-refractivity contribution in [3.05, 3.63) is 94.8 Å². The van der Waals surface area contributed by atoms with E-state index < -0.39 is 0 Å². The molecule has 1 N–H and O–H groups in total. The van der Waals surface area contributed by atoms with Gasteiger partial charge in [0.25, 0.3) is 0 Å². The predicted octanol–water partition coefficient (Wildman–Crippen LogP) is 5.23. The molecule has 1 amide bonds. The first-order valence-electron chi connectivity index (χ1n) is 10.8. The number of halogens is 1. The van der Waals surface area contributed by atoms with Gasteiger partial charge in [-0.05, 0) is 47.5 Å². The standard InChI is InChI=1S/C26H24ClN3O4/c1-32-23-15-19(7-12-22(23)33-17-18-5-3-2-4-6-18)16-28-24(31)13-14-25-29-26(30-34-25)20-8-10-21(27)11-9-20/h2-12,15H,13-14,16-17H2,1H3,(H,28,31). The number of rotatable bonds is 10. The van der Waals surface area contributed by atoms with E-state index >= 15 is 0 Å². The molecular formula is C26H24ClN3O4. The second kappa shape index (κ2) is 11.3. The van der Waals surface area contributed by atoms with Gasteiger partial charge in [-0.25, -0.2) is 0 Å². The average molecular weight is 478 g/mol. The highest BCUT2D eigenvalue weighted by Gasteiger charge is 2.12. The van der Waals surface area contributed by atoms with Crippen molar-refractivity contribution in [3.8, 4) is 22.9 Å². The molecule has 0 saturated carbocycles. The van der Waals surface area contributed by atoms with E-state index in [9.17, 15) is 4.79 Å². The Morgan fingerprint density at radius 1 is 1.00 bits per heavy atom. The van der Waals surface area contributed by atoms with Gasteiger partial charge in [0, 0.05) is 30.0 Å². The second-order valence-corrected chi connectivity index (χ2v) is 7.99. The summed E-state index contributed by atoms with van der Waals surface area (Å²) in [4.78, 5) is 16.7. The minimum Gasteiger partial charge on any atom is -0.493 e. The van der Waals surface area contributed by atoms with Crippen molar-refractivity contribution in [2.24, 2.45) is 0 Å². The second-order valence-electron chi connectivity index (χ2n) is 7.55. The molecule has 1 heterocycles. The Labute approximate surface area is 202 Å². The quantitative estimate of drug-likeness (QED) is 0.336. The van der Waals surface area contributed by atoms with Crippen LogP contribution in [-0.2, 0) is 24.4 Å². The normalized spacial score (nSPS) is 10.6. The van der Waals surface area contributed by atoms with Crippen LogP contribution in [0, 0.1) is 0 Å². The first-order chi connectivity index (χ1) is 16.6. The van der Waals surface area contributed by atoms with Crippen LogP contribution in [0.4, 0.5) is 0 Å². The number of nitrogens with zero attached hydrogens (tertiary/aromatic N) is 2. The van der Waals surface area contributed by atoms with Crippen LogP contribution in [0.15, 0.2) is 77.3 Å². The molecule has 0 radical (unpaired) electrons. The third kappa shape index (κ3) is 6.36. The van der Waals surface area contributed by atoms with Crippen LogP contribution in [0.3, 0.4) is 0 Å². The monoisotopic (exact) mass is 477 g/mol. The molecule has 0 fully saturated rings. The molecule has 0 unspecified atom stereocenters. The lowest BCUT2D eigenvalue weighted by Crippen LogP contribution is -2.23. The van der Waals surface area contributed by atoms with Gasteiger partial charge in [-0.15, -0.1) is 0 Å². The van der Waals surface area contributed by atoms with Crippen LogP contribution < -0.4 is 14.8 Å². The summed E-state index contributed by atoms with van der Waals surface area (Å²) >= 11 is 5.90. The number of aromatic nitrogens is 2. The summed E-state index contributed by atoms with van der Waals surface area (Å²) < 4.78 is 16.6. The zero-order valence-corrected chi connectivity index (χ0v) is 19.4. The van der Waals surface area contributed by atoms with Crippen molar-refractivity contribution in [1.29, 1.82) is 0 Å². The van der Waals surface area contributed by atoms with Gasteiger partial charge in [0.05, 0.1) is 7.11 Å². The van der Waals surface area contributed by atoms with Crippen LogP contribution in [0.2, 0.25) is 5.02 Å². The van der Waals surface area contributed by atoms with E-state index in [1.165, 1.54) is 0 Å². The Hall–Kier alpha value is -3.84. The maximum absolute atomic E-state index is 12.3. The third-order valence-electron chi connectivity index (χ3n) is 5.09. The Morgan fingerprint density at radius 2 is 1.79 bits per heavy atom. The van der Waals surface area contributed by atoms with E-state index in [-0.39, 0.29) is 12.3 Å². The number of hydrogen-bond donors (Lipinski definition) is 1. The molecule has 4 rings (SSSR count). The van der Waals surface area contributed by atoms with Crippen molar-refractivity contribution in [3.63, 3.8) is 0 Å². The topological polar surface area (TPSA) is 86.5 Å². The van der Waals surface area contributed by atoms with Crippen molar-refractivity contribution < 1.29 is 18.8 Å². The minimum absolute atomic E-state index is 0.116. The zero-order chi connectivity index (χ0) is 23.8. The van der Waals surface area contributed by atoms with Crippen LogP contribution in [0.5, 0.6) is 11.5 Å². The summed E-state index contributed by atoms with van der Waals surface area (Å²) in [5.74, 6) is 2.02. The summed E-state index contributed by atoms with van der Waals surface area (Å²) in [6.45, 7) is 0.816. The number of nitrogens with one attached hydrogen (secondary N) is 1. The average Bonchev–Trinajstić information content (AvgIpc) is 3.35. The van der Waals surface area contributed by atoms with E-state index in [0.717, 1.165) is 16.7 Å². The fourth-order valence-electron chi connectivity index (χ4n) is 3.26. The summed E-state index contributed by atoms with van der Waals surface area (Å²) in [7, 11) is 1.59. The van der Waals surface area contributed by atoms with Gasteiger partial charge in [-0.1, -0.05) is 53.2 Å². The van der Waals surface area contributed by atoms with Crippen molar-refractivity contribution in [2.75, 3.05) is 7.11 Å². The summed E-state index contributed by atoms with van der Waals surface area (Å²) in [5.41, 5.74) is 2.77. The first kappa shape index (κ1) is 23.3. The molecule has 0 aliphatic rings. The number of methoxy groups -OCH3 is 1. The van der Waals surface area contributed by atoms with Gasteiger partial charge in [0.15, 0.2) is 11.5 Å². The van der Waals surface area contributed by atoms with Gasteiger partial charge in [-0.3, -0.25) is 4.79 Å². The summed E-state index contributed by atoms with van der Waals surface area (Å²) in [6.07, 6.45) is 0.583. The molecule has 8 heteroatoms. The molecule has 7 nitrogen and oxygen atoms in total. The highest BCUT2D eigenvalue weighted by atomic mass is 35.5. The van der Waals surface area contributed by atoms with Gasteiger partial charge in [0.1, 0.15) is 6.61 Å². The summed E-state index contributed by atoms with van der Waals surface area (Å²) in [6, 6.07) is 22.7. The molecule has 3 aromatic carbocycles. The van der Waals surface area contributed by atoms with Crippen LogP contribution in [-0.4, -0.2) is 23.2 Å². The number of amides is 1. The number of carbonyl (C=O) groups excluding carboxylic acids is 1. The zero-order valence-electron chi connectivity index (χ0n) is 18.7. The Balaban J connectivity index is 1.26. The Kier molecular flexibility index (Phi) is 7.78. The van der Waals surface area contributed by atoms with Crippen molar-refractivity contribution in [2.45, 2.75) is 26.0 Å². The van der Waals surface area contributed by atoms with Crippen LogP contribution >= 0.6 is 11.6 Å². The number of hydrogen-bond acceptors (Lipinski definition) is 6. The Bertz CT molecular complexity index is 1230. The Morgan fingerprint density at radius 3 is 2.56 bits per heavy atom. The number of aryl methyl sites for hydroxylation is 1. The lowest BCUT2D eigenvalue weighted by Gasteiger charge is -2.13. The highest BCUT2D eigenvalue weighted by molar-refractivity contribution is 6.30. The molecule has 174 valence electrons. The molecule has 0 atom stereocenters. The summed E-state index contributed by atoms with van der Waals surface area (Å²) in [5, 5.41) is 7.50. The predicted molar refractivity (Wildman–Crippen MR) is 129 cm³/mol. The molecule has 0 aliphatic carbocycles. The van der Waals surface area contributed by atoms with E-state index in [4.69, 9.17) is 25.6 Å². The van der Waals surface area contributed by atoms with Crippen molar-refractivity contribution in [1.82, 2.24) is 15.5 Å². The van der Waals surface area contributed by atoms with E-state index in [0.29, 0.717) is 47.8 Å². The maximum atomic E-state index is 12.3. The number of ether oxygens (including phenoxy) is 2. The van der Waals surface area contributed by atoms with E-state index in [1.54, 1.807) is 19.2 Å². The number of benzene rings is 3. The molecular weight excluding hydrogens is 454 g/mol. The molecule has 0 saturated heterocycles. The van der Waals surface area contributed by atoms with Gasteiger partial charge >= 0.3 is 0 Å². The van der Waals surface area contributed by atoms with E-state index in [2.05, 4.69) is 15.5 Å². The van der Waals surface area contributed by atoms with Crippen LogP contribution in [0.1, 0.15) is 23.4 Å². The lowest BCUT2D eigenvalue weighted by atomic mass is 10.2. The molecule has 1 aromatic heterocycles. The smallest absolute Gasteiger partial charge is 0.227 e. The SMILES string of the molecule is COc1cc(CNC(=O)CCc2nc(-c3ccc(Cl)cc3)no2)ccc1OCc1ccccc1. The highest BCUT2D eigenvalue weighted by Crippen LogP contribution is 2.29. The third-order valence-corrected chi connectivity index (χ3v) is 5.34. The van der Waals surface area contributed by atoms with E-state index in [1.807, 2.05) is 60.7 Å². The largest absolute Gasteiger partial charge is 0.493 e. The molecule has 0 aliphatic heterocycles. The van der Waals surface area contributed by atoms with Crippen molar-refractivity contribution >= 4 is 17.5 Å². The maximum Gasteiger partial charge on any atom is 0.227 e. The first-order valence-corrected chi connectivity index (χ1v) is 11.2. The van der Waals surface area contributed by atoms with Gasteiger partial charge < -0.3 is 19.3 Å². The van der Waals surface area contributed by atoms with Gasteiger partial charge in [0.2, 0.25) is 17.6 Å². The molecule has 34 heavy (non-hydrogen) atoms. The molecule has 0 bridgehead atoms. The fourth-order valence-corrected chi connectivity index (χ4v) is 3.38. The lowest BCUT2D eigenvalue weighted by molar-refractivity contribution is -0.121. The molecule has 4 aromatic rings.